The molecule has 1 aromatic carbocycles. The number of aliphatic imine (C=N–C) groups is 1. The third-order valence-electron chi connectivity index (χ3n) is 5.68. The lowest BCUT2D eigenvalue weighted by molar-refractivity contribution is -0.140. The number of hydrogen-bond donors (Lipinski definition) is 3. The van der Waals surface area contributed by atoms with Crippen LogP contribution in [0, 0.1) is 23.4 Å². The molecule has 1 aliphatic heterocycles. The molecule has 2 atom stereocenters. The maximum Gasteiger partial charge on any atom is 0.305 e. The van der Waals surface area contributed by atoms with Crippen LogP contribution in [0.25, 0.3) is 11.3 Å². The Morgan fingerprint density at radius 1 is 1.11 bits per heavy atom. The zero-order valence-electron chi connectivity index (χ0n) is 20.3. The Balaban J connectivity index is 0.000000568. The first-order valence-electron chi connectivity index (χ1n) is 11.2. The highest BCUT2D eigenvalue weighted by molar-refractivity contribution is 5.69. The maximum atomic E-state index is 14.5. The summed E-state index contributed by atoms with van der Waals surface area (Å²) >= 11 is 0. The van der Waals surface area contributed by atoms with Gasteiger partial charge in [0.2, 0.25) is 0 Å². The number of rotatable bonds is 7. The van der Waals surface area contributed by atoms with E-state index in [0.717, 1.165) is 30.9 Å². The molecular formula is C24H26F3N7O3. The molecule has 0 fully saturated rings. The SMILES string of the molecule is CC(C)C(=O)O.C[C@@H](c1ncncc1F)[C@](O)(CN1C=NCN1)c1ccc(F)cc1-c1ncncc1F. The normalized spacial score (nSPS) is 15.2. The predicted molar refractivity (Wildman–Crippen MR) is 127 cm³/mol. The second-order valence-corrected chi connectivity index (χ2v) is 8.55. The zero-order valence-corrected chi connectivity index (χ0v) is 20.3. The van der Waals surface area contributed by atoms with Crippen molar-refractivity contribution in [3.8, 4) is 11.3 Å². The Bertz CT molecular complexity index is 1280. The summed E-state index contributed by atoms with van der Waals surface area (Å²) in [4.78, 5) is 28.9. The fourth-order valence-electron chi connectivity index (χ4n) is 3.59. The summed E-state index contributed by atoms with van der Waals surface area (Å²) in [6.45, 7) is 5.03. The molecule has 196 valence electrons. The minimum Gasteiger partial charge on any atom is -0.481 e. The third-order valence-corrected chi connectivity index (χ3v) is 5.68. The number of aliphatic hydroxyl groups is 1. The molecule has 10 nitrogen and oxygen atoms in total. The number of hydrazine groups is 1. The molecule has 0 saturated heterocycles. The standard InChI is InChI=1S/C20H18F3N7O.C4H8O2/c1-12(18-16(22)5-24-8-27-18)20(31,7-30-11-26-10-29-30)15-3-2-13(21)4-14(15)19-17(23)6-25-9-28-19;1-3(2)4(5)6/h2-6,8-9,11-12,29,31H,7,10H2,1H3;3H,1-2H3,(H,5,6)/t12-,20+;/m0./s1. The van der Waals surface area contributed by atoms with E-state index in [2.05, 4.69) is 30.4 Å². The summed E-state index contributed by atoms with van der Waals surface area (Å²) in [5.74, 6) is -4.08. The first kappa shape index (κ1) is 27.6. The van der Waals surface area contributed by atoms with Crippen molar-refractivity contribution in [3.63, 3.8) is 0 Å². The molecule has 3 aromatic rings. The Morgan fingerprint density at radius 2 is 1.76 bits per heavy atom. The van der Waals surface area contributed by atoms with Crippen LogP contribution in [0.3, 0.4) is 0 Å². The van der Waals surface area contributed by atoms with Crippen molar-refractivity contribution in [3.05, 3.63) is 72.0 Å². The molecule has 0 aliphatic carbocycles. The third kappa shape index (κ3) is 6.43. The molecular weight excluding hydrogens is 491 g/mol. The Labute approximate surface area is 210 Å². The van der Waals surface area contributed by atoms with Gasteiger partial charge in [-0.25, -0.2) is 38.5 Å². The van der Waals surface area contributed by atoms with E-state index in [1.807, 2.05) is 0 Å². The fraction of sp³-hybridized carbons (Fsp3) is 0.333. The molecule has 0 bridgehead atoms. The summed E-state index contributed by atoms with van der Waals surface area (Å²) in [5, 5.41) is 21.5. The average molecular weight is 518 g/mol. The van der Waals surface area contributed by atoms with E-state index in [1.54, 1.807) is 20.8 Å². The van der Waals surface area contributed by atoms with Crippen molar-refractivity contribution < 1.29 is 28.2 Å². The van der Waals surface area contributed by atoms with Crippen molar-refractivity contribution in [2.45, 2.75) is 32.3 Å². The van der Waals surface area contributed by atoms with Crippen LogP contribution in [0.4, 0.5) is 13.2 Å². The fourth-order valence-corrected chi connectivity index (χ4v) is 3.59. The van der Waals surface area contributed by atoms with E-state index in [0.29, 0.717) is 6.67 Å². The number of aromatic nitrogens is 4. The molecule has 3 N–H and O–H groups in total. The van der Waals surface area contributed by atoms with Crippen LogP contribution in [-0.4, -0.2) is 60.7 Å². The van der Waals surface area contributed by atoms with Crippen molar-refractivity contribution in [2.75, 3.05) is 13.2 Å². The zero-order chi connectivity index (χ0) is 27.2. The first-order valence-corrected chi connectivity index (χ1v) is 11.2. The highest BCUT2D eigenvalue weighted by atomic mass is 19.1. The molecule has 13 heteroatoms. The largest absolute Gasteiger partial charge is 0.481 e. The van der Waals surface area contributed by atoms with E-state index >= 15 is 0 Å². The summed E-state index contributed by atoms with van der Waals surface area (Å²) in [6, 6.07) is 3.53. The first-order chi connectivity index (χ1) is 17.5. The second kappa shape index (κ2) is 11.8. The molecule has 37 heavy (non-hydrogen) atoms. The van der Waals surface area contributed by atoms with Crippen molar-refractivity contribution >= 4 is 12.3 Å². The van der Waals surface area contributed by atoms with Gasteiger partial charge in [-0.1, -0.05) is 26.8 Å². The van der Waals surface area contributed by atoms with Gasteiger partial charge in [-0.3, -0.25) is 14.8 Å². The van der Waals surface area contributed by atoms with Crippen LogP contribution in [-0.2, 0) is 10.4 Å². The molecule has 0 unspecified atom stereocenters. The summed E-state index contributed by atoms with van der Waals surface area (Å²) < 4.78 is 43.2. The maximum absolute atomic E-state index is 14.5. The monoisotopic (exact) mass is 517 g/mol. The van der Waals surface area contributed by atoms with E-state index in [-0.39, 0.29) is 35.0 Å². The molecule has 0 saturated carbocycles. The topological polar surface area (TPSA) is 137 Å². The van der Waals surface area contributed by atoms with Crippen LogP contribution in [0.15, 0.2) is 48.2 Å². The van der Waals surface area contributed by atoms with Crippen LogP contribution >= 0.6 is 0 Å². The summed E-state index contributed by atoms with van der Waals surface area (Å²) in [7, 11) is 0. The van der Waals surface area contributed by atoms with Gasteiger partial charge in [0.05, 0.1) is 30.6 Å². The number of halogens is 3. The van der Waals surface area contributed by atoms with Crippen LogP contribution in [0.1, 0.15) is 37.9 Å². The van der Waals surface area contributed by atoms with Gasteiger partial charge in [-0.15, -0.1) is 0 Å². The molecule has 0 spiro atoms. The number of hydrogen-bond acceptors (Lipinski definition) is 9. The number of aliphatic carboxylic acids is 1. The van der Waals surface area contributed by atoms with Gasteiger partial charge in [0, 0.05) is 11.5 Å². The second-order valence-electron chi connectivity index (χ2n) is 8.55. The highest BCUT2D eigenvalue weighted by Gasteiger charge is 2.43. The van der Waals surface area contributed by atoms with Crippen LogP contribution in [0.2, 0.25) is 0 Å². The number of carboxylic acids is 1. The van der Waals surface area contributed by atoms with Gasteiger partial charge in [0.25, 0.3) is 0 Å². The average Bonchev–Trinajstić information content (AvgIpc) is 3.37. The number of nitrogens with zero attached hydrogens (tertiary/aromatic N) is 6. The molecule has 0 amide bonds. The summed E-state index contributed by atoms with van der Waals surface area (Å²) in [5.41, 5.74) is 0.983. The molecule has 4 rings (SSSR count). The minimum absolute atomic E-state index is 0.0138. The molecule has 0 radical (unpaired) electrons. The van der Waals surface area contributed by atoms with Crippen molar-refractivity contribution in [2.24, 2.45) is 10.9 Å². The van der Waals surface area contributed by atoms with Gasteiger partial charge >= 0.3 is 5.97 Å². The number of benzene rings is 1. The van der Waals surface area contributed by atoms with E-state index in [4.69, 9.17) is 5.11 Å². The van der Waals surface area contributed by atoms with E-state index in [9.17, 15) is 23.1 Å². The van der Waals surface area contributed by atoms with Crippen molar-refractivity contribution in [1.82, 2.24) is 30.4 Å². The van der Waals surface area contributed by atoms with Gasteiger partial charge in [0.15, 0.2) is 11.6 Å². The number of β-amino-alcohol motifs (C(OH)–C–C–N with tert-alkyl or cyclic N) is 1. The number of nitrogens with one attached hydrogen (secondary N) is 1. The van der Waals surface area contributed by atoms with E-state index < -0.39 is 34.9 Å². The quantitative estimate of drug-likeness (QED) is 0.432. The predicted octanol–water partition coefficient (Wildman–Crippen LogP) is 2.88. The molecule has 3 heterocycles. The van der Waals surface area contributed by atoms with Crippen LogP contribution in [0.5, 0.6) is 0 Å². The highest BCUT2D eigenvalue weighted by Crippen LogP contribution is 2.42. The molecule has 1 aliphatic rings. The van der Waals surface area contributed by atoms with Gasteiger partial charge in [-0.2, -0.15) is 0 Å². The number of carboxylic acid groups (broad SMARTS) is 1. The summed E-state index contributed by atoms with van der Waals surface area (Å²) in [6.07, 6.45) is 5.69. The van der Waals surface area contributed by atoms with Crippen LogP contribution < -0.4 is 5.43 Å². The van der Waals surface area contributed by atoms with Gasteiger partial charge in [0.1, 0.15) is 42.8 Å². The lowest BCUT2D eigenvalue weighted by Crippen LogP contribution is -2.47. The van der Waals surface area contributed by atoms with Crippen molar-refractivity contribution in [1.29, 1.82) is 0 Å². The molecule has 2 aromatic heterocycles. The minimum atomic E-state index is -1.86. The number of carbonyl (C=O) groups is 1. The van der Waals surface area contributed by atoms with E-state index in [1.165, 1.54) is 23.7 Å². The Kier molecular flexibility index (Phi) is 8.84. The Hall–Kier alpha value is -3.97. The Morgan fingerprint density at radius 3 is 2.32 bits per heavy atom. The lowest BCUT2D eigenvalue weighted by Gasteiger charge is -2.38. The van der Waals surface area contributed by atoms with Gasteiger partial charge in [-0.05, 0) is 17.7 Å². The lowest BCUT2D eigenvalue weighted by atomic mass is 9.77. The smallest absolute Gasteiger partial charge is 0.305 e. The van der Waals surface area contributed by atoms with Gasteiger partial charge < -0.3 is 10.2 Å².